The molecule has 5 aliphatic rings. The lowest BCUT2D eigenvalue weighted by atomic mass is 9.43. The highest BCUT2D eigenvalue weighted by molar-refractivity contribution is 5.96. The van der Waals surface area contributed by atoms with Crippen LogP contribution in [0, 0.1) is 16.7 Å². The molecule has 2 heterocycles. The van der Waals surface area contributed by atoms with Crippen molar-refractivity contribution >= 4 is 5.78 Å². The van der Waals surface area contributed by atoms with E-state index in [4.69, 9.17) is 9.47 Å². The maximum absolute atomic E-state index is 12.5. The van der Waals surface area contributed by atoms with Gasteiger partial charge in [-0.1, -0.05) is 19.1 Å². The minimum Gasteiger partial charge on any atom is -0.498 e. The molecule has 3 aliphatic carbocycles. The Morgan fingerprint density at radius 3 is 3.05 bits per heavy atom. The first-order valence-corrected chi connectivity index (χ1v) is 8.20. The monoisotopic (exact) mass is 299 g/mol. The smallest absolute Gasteiger partial charge is 0.184 e. The van der Waals surface area contributed by atoms with E-state index in [0.717, 1.165) is 25.1 Å². The molecule has 0 radical (unpaired) electrons. The van der Waals surface area contributed by atoms with Crippen LogP contribution in [0.5, 0.6) is 0 Å². The number of methoxy groups -OCH3 is 1. The van der Waals surface area contributed by atoms with Crippen LogP contribution in [0.15, 0.2) is 35.6 Å². The Morgan fingerprint density at radius 2 is 2.23 bits per heavy atom. The van der Waals surface area contributed by atoms with E-state index in [9.17, 15) is 4.79 Å². The van der Waals surface area contributed by atoms with Crippen molar-refractivity contribution in [2.24, 2.45) is 16.7 Å². The lowest BCUT2D eigenvalue weighted by molar-refractivity contribution is -0.132. The summed E-state index contributed by atoms with van der Waals surface area (Å²) in [5, 5.41) is 3.67. The fraction of sp³-hybridized carbons (Fsp3) is 0.611. The maximum atomic E-state index is 12.5. The Balaban J connectivity index is 1.81. The Labute approximate surface area is 130 Å². The summed E-state index contributed by atoms with van der Waals surface area (Å²) in [6.45, 7) is 3.25. The van der Waals surface area contributed by atoms with E-state index < -0.39 is 0 Å². The van der Waals surface area contributed by atoms with Gasteiger partial charge in [-0.05, 0) is 43.0 Å². The van der Waals surface area contributed by atoms with Crippen molar-refractivity contribution in [2.75, 3.05) is 13.7 Å². The van der Waals surface area contributed by atoms with Gasteiger partial charge in [-0.2, -0.15) is 0 Å². The van der Waals surface area contributed by atoms with E-state index >= 15 is 0 Å². The van der Waals surface area contributed by atoms with Crippen LogP contribution in [-0.4, -0.2) is 37.7 Å². The lowest BCUT2D eigenvalue weighted by Gasteiger charge is -2.61. The standard InChI is InChI=1S/C18H21NO3/c1-17-10-3-5-13(20)15(17)22-16-14(21-2)6-4-11-12(9-10)19-8-7-18(11,16)17/h3-6,10,12,15-16,19H,7-9H2,1-2H3. The average molecular weight is 299 g/mol. The summed E-state index contributed by atoms with van der Waals surface area (Å²) < 4.78 is 12.0. The van der Waals surface area contributed by atoms with Gasteiger partial charge in [0.15, 0.2) is 5.78 Å². The number of carbonyl (C=O) groups is 1. The molecule has 0 aromatic rings. The summed E-state index contributed by atoms with van der Waals surface area (Å²) in [6.07, 6.45) is 9.73. The SMILES string of the molecule is COC1=CC=C2C3CC4C=CC(=O)C5OC1C2(CCN3)C45C. The zero-order valence-corrected chi connectivity index (χ0v) is 13.0. The predicted molar refractivity (Wildman–Crippen MR) is 81.0 cm³/mol. The van der Waals surface area contributed by atoms with E-state index in [1.54, 1.807) is 13.2 Å². The zero-order chi connectivity index (χ0) is 15.1. The Morgan fingerprint density at radius 1 is 1.36 bits per heavy atom. The molecule has 5 rings (SSSR count). The molecule has 6 unspecified atom stereocenters. The summed E-state index contributed by atoms with van der Waals surface area (Å²) >= 11 is 0. The number of hydrogen-bond donors (Lipinski definition) is 1. The molecular formula is C18H21NO3. The van der Waals surface area contributed by atoms with Gasteiger partial charge >= 0.3 is 0 Å². The molecule has 1 spiro atoms. The molecule has 0 aromatic heterocycles. The van der Waals surface area contributed by atoms with Crippen molar-refractivity contribution in [2.45, 2.75) is 38.0 Å². The third kappa shape index (κ3) is 1.16. The number of ketones is 1. The van der Waals surface area contributed by atoms with Crippen molar-refractivity contribution in [3.63, 3.8) is 0 Å². The molecule has 2 saturated heterocycles. The fourth-order valence-electron chi connectivity index (χ4n) is 5.96. The van der Waals surface area contributed by atoms with Crippen LogP contribution in [0.25, 0.3) is 0 Å². The predicted octanol–water partition coefficient (Wildman–Crippen LogP) is 1.74. The summed E-state index contributed by atoms with van der Waals surface area (Å²) in [6, 6.07) is 0.393. The Kier molecular flexibility index (Phi) is 2.33. The van der Waals surface area contributed by atoms with Crippen molar-refractivity contribution < 1.29 is 14.3 Å². The second-order valence-electron chi connectivity index (χ2n) is 7.41. The molecule has 22 heavy (non-hydrogen) atoms. The number of allylic oxidation sites excluding steroid dienone is 3. The van der Waals surface area contributed by atoms with Gasteiger partial charge in [0.1, 0.15) is 18.0 Å². The second kappa shape index (κ2) is 3.92. The van der Waals surface area contributed by atoms with Crippen LogP contribution in [0.1, 0.15) is 19.8 Å². The zero-order valence-electron chi connectivity index (χ0n) is 13.0. The number of nitrogens with one attached hydrogen (secondary N) is 1. The fourth-order valence-corrected chi connectivity index (χ4v) is 5.96. The van der Waals surface area contributed by atoms with Gasteiger partial charge in [0, 0.05) is 16.9 Å². The van der Waals surface area contributed by atoms with Gasteiger partial charge in [-0.3, -0.25) is 4.79 Å². The number of carbonyl (C=O) groups excluding carboxylic acids is 1. The van der Waals surface area contributed by atoms with Crippen molar-refractivity contribution in [1.29, 1.82) is 0 Å². The van der Waals surface area contributed by atoms with Gasteiger partial charge in [-0.15, -0.1) is 0 Å². The molecule has 3 fully saturated rings. The number of hydrogen-bond acceptors (Lipinski definition) is 4. The molecular weight excluding hydrogens is 278 g/mol. The molecule has 1 saturated carbocycles. The summed E-state index contributed by atoms with van der Waals surface area (Å²) in [5.74, 6) is 1.37. The van der Waals surface area contributed by atoms with Crippen LogP contribution >= 0.6 is 0 Å². The number of ether oxygens (including phenoxy) is 2. The van der Waals surface area contributed by atoms with E-state index in [0.29, 0.717) is 12.0 Å². The van der Waals surface area contributed by atoms with Crippen LogP contribution in [-0.2, 0) is 14.3 Å². The van der Waals surface area contributed by atoms with Gasteiger partial charge in [0.25, 0.3) is 0 Å². The number of piperidine rings is 1. The summed E-state index contributed by atoms with van der Waals surface area (Å²) in [5.41, 5.74) is 1.16. The van der Waals surface area contributed by atoms with Crippen molar-refractivity contribution in [3.8, 4) is 0 Å². The van der Waals surface area contributed by atoms with Gasteiger partial charge in [-0.25, -0.2) is 0 Å². The minimum atomic E-state index is -0.341. The summed E-state index contributed by atoms with van der Waals surface area (Å²) in [4.78, 5) is 12.5. The van der Waals surface area contributed by atoms with Crippen LogP contribution in [0.2, 0.25) is 0 Å². The molecule has 0 amide bonds. The molecule has 116 valence electrons. The van der Waals surface area contributed by atoms with Crippen LogP contribution in [0.4, 0.5) is 0 Å². The van der Waals surface area contributed by atoms with Crippen LogP contribution < -0.4 is 5.32 Å². The molecule has 1 N–H and O–H groups in total. The minimum absolute atomic E-state index is 0.100. The van der Waals surface area contributed by atoms with Gasteiger partial charge in [0.2, 0.25) is 0 Å². The third-order valence-electron chi connectivity index (χ3n) is 6.96. The van der Waals surface area contributed by atoms with E-state index in [-0.39, 0.29) is 28.8 Å². The van der Waals surface area contributed by atoms with E-state index in [1.807, 2.05) is 6.08 Å². The largest absolute Gasteiger partial charge is 0.498 e. The highest BCUT2D eigenvalue weighted by Gasteiger charge is 2.74. The lowest BCUT2D eigenvalue weighted by Crippen LogP contribution is -2.65. The molecule has 4 heteroatoms. The topological polar surface area (TPSA) is 47.6 Å². The van der Waals surface area contributed by atoms with Gasteiger partial charge in [0.05, 0.1) is 7.11 Å². The van der Waals surface area contributed by atoms with Crippen LogP contribution in [0.3, 0.4) is 0 Å². The van der Waals surface area contributed by atoms with Crippen molar-refractivity contribution in [3.05, 3.63) is 35.6 Å². The highest BCUT2D eigenvalue weighted by Crippen LogP contribution is 2.70. The van der Waals surface area contributed by atoms with E-state index in [1.165, 1.54) is 5.57 Å². The quantitative estimate of drug-likeness (QED) is 0.801. The second-order valence-corrected chi connectivity index (χ2v) is 7.41. The third-order valence-corrected chi connectivity index (χ3v) is 6.96. The molecule has 2 aliphatic heterocycles. The average Bonchev–Trinajstić information content (AvgIpc) is 2.79. The molecule has 2 bridgehead atoms. The maximum Gasteiger partial charge on any atom is 0.184 e. The number of rotatable bonds is 1. The van der Waals surface area contributed by atoms with Gasteiger partial charge < -0.3 is 14.8 Å². The molecule has 0 aromatic carbocycles. The molecule has 6 atom stereocenters. The summed E-state index contributed by atoms with van der Waals surface area (Å²) in [7, 11) is 1.70. The first-order chi connectivity index (χ1) is 10.6. The normalized spacial score (nSPS) is 51.1. The highest BCUT2D eigenvalue weighted by atomic mass is 16.5. The Bertz CT molecular complexity index is 663. The van der Waals surface area contributed by atoms with E-state index in [2.05, 4.69) is 24.4 Å². The van der Waals surface area contributed by atoms with Crippen molar-refractivity contribution in [1.82, 2.24) is 5.32 Å². The first-order valence-electron chi connectivity index (χ1n) is 8.20. The first kappa shape index (κ1) is 13.1. The molecule has 4 nitrogen and oxygen atoms in total. The Hall–Kier alpha value is -1.39.